The van der Waals surface area contributed by atoms with Crippen molar-refractivity contribution in [2.45, 2.75) is 0 Å². The summed E-state index contributed by atoms with van der Waals surface area (Å²) in [5.74, 6) is -0.591. The molecule has 0 bridgehead atoms. The van der Waals surface area contributed by atoms with Crippen molar-refractivity contribution < 1.29 is 13.5 Å². The highest BCUT2D eigenvalue weighted by Gasteiger charge is 2.06. The van der Waals surface area contributed by atoms with E-state index < -0.39 is 19.3 Å². The second-order valence-electron chi connectivity index (χ2n) is 1.75. The third kappa shape index (κ3) is 4.33. The fourth-order valence-corrected chi connectivity index (χ4v) is 0.380. The van der Waals surface area contributed by atoms with E-state index in [2.05, 4.69) is 11.7 Å². The van der Waals surface area contributed by atoms with E-state index in [1.807, 2.05) is 0 Å². The van der Waals surface area contributed by atoms with Crippen LogP contribution in [0.2, 0.25) is 0 Å². The standard InChI is InChI=1S/C6H11F2O/c1-2-9-5-6(3-7)4-8/h6H,1-5H2. The van der Waals surface area contributed by atoms with Gasteiger partial charge in [-0.1, -0.05) is 0 Å². The lowest BCUT2D eigenvalue weighted by molar-refractivity contribution is 0.0966. The maximum absolute atomic E-state index is 11.6. The Morgan fingerprint density at radius 1 is 1.33 bits per heavy atom. The molecule has 1 radical (unpaired) electrons. The van der Waals surface area contributed by atoms with Gasteiger partial charge in [-0.15, -0.1) is 0 Å². The summed E-state index contributed by atoms with van der Waals surface area (Å²) >= 11 is 0. The molecule has 0 amide bonds. The van der Waals surface area contributed by atoms with Gasteiger partial charge in [-0.2, -0.15) is 0 Å². The zero-order chi connectivity index (χ0) is 7.11. The molecule has 0 unspecified atom stereocenters. The Morgan fingerprint density at radius 2 is 1.89 bits per heavy atom. The number of ether oxygens (including phenoxy) is 1. The third-order valence-electron chi connectivity index (χ3n) is 0.934. The zero-order valence-corrected chi connectivity index (χ0v) is 5.28. The second-order valence-corrected chi connectivity index (χ2v) is 1.75. The van der Waals surface area contributed by atoms with Gasteiger partial charge in [0.25, 0.3) is 0 Å². The van der Waals surface area contributed by atoms with E-state index in [9.17, 15) is 8.78 Å². The lowest BCUT2D eigenvalue weighted by Crippen LogP contribution is -2.13. The Morgan fingerprint density at radius 3 is 2.22 bits per heavy atom. The van der Waals surface area contributed by atoms with Gasteiger partial charge in [0.1, 0.15) is 0 Å². The van der Waals surface area contributed by atoms with Crippen LogP contribution in [0.1, 0.15) is 0 Å². The average molecular weight is 137 g/mol. The maximum atomic E-state index is 11.6. The fourth-order valence-electron chi connectivity index (χ4n) is 0.380. The first-order valence-corrected chi connectivity index (χ1v) is 2.84. The SMILES string of the molecule is [CH2]COCC(CF)CF. The highest BCUT2D eigenvalue weighted by molar-refractivity contribution is 4.53. The normalized spacial score (nSPS) is 10.7. The van der Waals surface area contributed by atoms with Crippen LogP contribution in [0.4, 0.5) is 8.78 Å². The number of hydrogen-bond acceptors (Lipinski definition) is 1. The highest BCUT2D eigenvalue weighted by atomic mass is 19.1. The molecule has 0 aromatic rings. The highest BCUT2D eigenvalue weighted by Crippen LogP contribution is 1.98. The zero-order valence-electron chi connectivity index (χ0n) is 5.28. The largest absolute Gasteiger partial charge is 0.381 e. The summed E-state index contributed by atoms with van der Waals surface area (Å²) in [6, 6.07) is 0. The minimum absolute atomic E-state index is 0.135. The predicted molar refractivity (Wildman–Crippen MR) is 31.6 cm³/mol. The lowest BCUT2D eigenvalue weighted by atomic mass is 10.2. The van der Waals surface area contributed by atoms with E-state index in [0.717, 1.165) is 0 Å². The van der Waals surface area contributed by atoms with Crippen molar-refractivity contribution in [1.82, 2.24) is 0 Å². The van der Waals surface area contributed by atoms with Crippen molar-refractivity contribution in [3.05, 3.63) is 6.92 Å². The Kier molecular flexibility index (Phi) is 5.83. The Bertz CT molecular complexity index is 55.0. The van der Waals surface area contributed by atoms with Crippen molar-refractivity contribution in [1.29, 1.82) is 0 Å². The number of alkyl halides is 2. The van der Waals surface area contributed by atoms with Crippen LogP contribution >= 0.6 is 0 Å². The molecule has 55 valence electrons. The van der Waals surface area contributed by atoms with E-state index in [4.69, 9.17) is 0 Å². The first-order valence-electron chi connectivity index (χ1n) is 2.84. The predicted octanol–water partition coefficient (Wildman–Crippen LogP) is 1.39. The molecule has 0 heterocycles. The molecule has 1 nitrogen and oxygen atoms in total. The molecule has 0 N–H and O–H groups in total. The summed E-state index contributed by atoms with van der Waals surface area (Å²) in [7, 11) is 0. The van der Waals surface area contributed by atoms with Gasteiger partial charge in [0.05, 0.1) is 20.0 Å². The van der Waals surface area contributed by atoms with E-state index in [0.29, 0.717) is 0 Å². The van der Waals surface area contributed by atoms with Crippen LogP contribution in [0, 0.1) is 12.8 Å². The summed E-state index contributed by atoms with van der Waals surface area (Å²) < 4.78 is 28.0. The molecule has 0 aromatic heterocycles. The van der Waals surface area contributed by atoms with Crippen molar-refractivity contribution >= 4 is 0 Å². The molecule has 0 aliphatic heterocycles. The van der Waals surface area contributed by atoms with Crippen molar-refractivity contribution in [3.8, 4) is 0 Å². The molecule has 0 saturated heterocycles. The van der Waals surface area contributed by atoms with Gasteiger partial charge in [-0.05, 0) is 6.92 Å². The van der Waals surface area contributed by atoms with Gasteiger partial charge in [-0.25, -0.2) is 0 Å². The summed E-state index contributed by atoms with van der Waals surface area (Å²) in [4.78, 5) is 0. The van der Waals surface area contributed by atoms with Gasteiger partial charge < -0.3 is 4.74 Å². The Balaban J connectivity index is 3.09. The molecule has 3 heteroatoms. The molecule has 0 rings (SSSR count). The molecule has 0 atom stereocenters. The molecule has 0 aromatic carbocycles. The molecule has 0 saturated carbocycles. The molecular weight excluding hydrogens is 126 g/mol. The monoisotopic (exact) mass is 137 g/mol. The lowest BCUT2D eigenvalue weighted by Gasteiger charge is -2.06. The van der Waals surface area contributed by atoms with E-state index in [-0.39, 0.29) is 13.2 Å². The topological polar surface area (TPSA) is 9.23 Å². The molecule has 9 heavy (non-hydrogen) atoms. The minimum Gasteiger partial charge on any atom is -0.381 e. The van der Waals surface area contributed by atoms with Gasteiger partial charge in [0, 0.05) is 12.5 Å². The average Bonchev–Trinajstić information content (AvgIpc) is 1.91. The first-order chi connectivity index (χ1) is 4.35. The first kappa shape index (κ1) is 8.82. The van der Waals surface area contributed by atoms with Gasteiger partial charge >= 0.3 is 0 Å². The Hall–Kier alpha value is -0.180. The van der Waals surface area contributed by atoms with Gasteiger partial charge in [-0.3, -0.25) is 8.78 Å². The van der Waals surface area contributed by atoms with Crippen LogP contribution in [-0.4, -0.2) is 26.6 Å². The maximum Gasteiger partial charge on any atom is 0.0969 e. The van der Waals surface area contributed by atoms with E-state index in [1.165, 1.54) is 0 Å². The minimum atomic E-state index is -0.656. The number of hydrogen-bond donors (Lipinski definition) is 0. The van der Waals surface area contributed by atoms with E-state index >= 15 is 0 Å². The van der Waals surface area contributed by atoms with Crippen LogP contribution in [-0.2, 0) is 4.74 Å². The summed E-state index contributed by atoms with van der Waals surface area (Å²) in [6.07, 6.45) is 0. The second kappa shape index (κ2) is 5.95. The molecule has 0 fully saturated rings. The van der Waals surface area contributed by atoms with Crippen LogP contribution < -0.4 is 0 Å². The summed E-state index contributed by atoms with van der Waals surface area (Å²) in [5.41, 5.74) is 0. The quantitative estimate of drug-likeness (QED) is 0.556. The van der Waals surface area contributed by atoms with Crippen molar-refractivity contribution in [3.63, 3.8) is 0 Å². The van der Waals surface area contributed by atoms with Crippen LogP contribution in [0.15, 0.2) is 0 Å². The van der Waals surface area contributed by atoms with Crippen molar-refractivity contribution in [2.24, 2.45) is 5.92 Å². The van der Waals surface area contributed by atoms with Crippen LogP contribution in [0.5, 0.6) is 0 Å². The van der Waals surface area contributed by atoms with Crippen molar-refractivity contribution in [2.75, 3.05) is 26.6 Å². The molecule has 0 aliphatic carbocycles. The van der Waals surface area contributed by atoms with Gasteiger partial charge in [0.15, 0.2) is 0 Å². The third-order valence-corrected chi connectivity index (χ3v) is 0.934. The molecule has 0 spiro atoms. The summed E-state index contributed by atoms with van der Waals surface area (Å²) in [6.45, 7) is 2.46. The molecular formula is C6H11F2O. The van der Waals surface area contributed by atoms with Crippen LogP contribution in [0.3, 0.4) is 0 Å². The van der Waals surface area contributed by atoms with Crippen LogP contribution in [0.25, 0.3) is 0 Å². The molecule has 0 aliphatic rings. The smallest absolute Gasteiger partial charge is 0.0969 e. The van der Waals surface area contributed by atoms with Gasteiger partial charge in [0.2, 0.25) is 0 Å². The Labute approximate surface area is 54.0 Å². The summed E-state index contributed by atoms with van der Waals surface area (Å²) in [5, 5.41) is 0. The number of rotatable bonds is 5. The fraction of sp³-hybridized carbons (Fsp3) is 0.833. The number of halogens is 2. The van der Waals surface area contributed by atoms with E-state index in [1.54, 1.807) is 0 Å².